The Bertz CT molecular complexity index is 567. The summed E-state index contributed by atoms with van der Waals surface area (Å²) in [6, 6.07) is 6.22. The van der Waals surface area contributed by atoms with Crippen molar-refractivity contribution in [2.45, 2.75) is 122 Å². The normalized spacial score (nSPS) is 12.9. The van der Waals surface area contributed by atoms with Gasteiger partial charge in [-0.1, -0.05) is 122 Å². The summed E-state index contributed by atoms with van der Waals surface area (Å²) in [5.41, 5.74) is -0.146. The van der Waals surface area contributed by atoms with Crippen LogP contribution < -0.4 is 0 Å². The third-order valence-corrected chi connectivity index (χ3v) is 7.38. The van der Waals surface area contributed by atoms with Gasteiger partial charge in [0.1, 0.15) is 5.75 Å². The largest absolute Gasteiger partial charge is 0.508 e. The van der Waals surface area contributed by atoms with E-state index in [-0.39, 0.29) is 5.75 Å². The monoisotopic (exact) mass is 440 g/mol. The summed E-state index contributed by atoms with van der Waals surface area (Å²) in [7, 11) is -4.18. The zero-order chi connectivity index (χ0) is 22.1. The lowest BCUT2D eigenvalue weighted by molar-refractivity contribution is 0.353. The summed E-state index contributed by atoms with van der Waals surface area (Å²) >= 11 is 0. The van der Waals surface area contributed by atoms with Gasteiger partial charge in [0.25, 0.3) is 0 Å². The molecule has 0 aromatic heterocycles. The quantitative estimate of drug-likeness (QED) is 0.149. The minimum Gasteiger partial charge on any atom is -0.508 e. The highest BCUT2D eigenvalue weighted by atomic mass is 31.2. The van der Waals surface area contributed by atoms with Crippen LogP contribution in [-0.4, -0.2) is 14.9 Å². The van der Waals surface area contributed by atoms with E-state index in [1.165, 1.54) is 95.6 Å². The highest BCUT2D eigenvalue weighted by molar-refractivity contribution is 7.52. The molecular weight excluding hydrogens is 395 g/mol. The second-order valence-corrected chi connectivity index (χ2v) is 10.6. The van der Waals surface area contributed by atoms with Gasteiger partial charge in [0.2, 0.25) is 0 Å². The highest BCUT2D eigenvalue weighted by Crippen LogP contribution is 2.54. The van der Waals surface area contributed by atoms with E-state index in [1.807, 2.05) is 0 Å². The van der Waals surface area contributed by atoms with E-state index < -0.39 is 13.3 Å². The second-order valence-electron chi connectivity index (χ2n) is 8.79. The summed E-state index contributed by atoms with van der Waals surface area (Å²) in [6.45, 7) is 2.27. The zero-order valence-electron chi connectivity index (χ0n) is 19.1. The number of rotatable bonds is 19. The van der Waals surface area contributed by atoms with E-state index >= 15 is 0 Å². The lowest BCUT2D eigenvalue weighted by atomic mass is 10.0. The van der Waals surface area contributed by atoms with E-state index in [1.54, 1.807) is 12.1 Å². The number of unbranched alkanes of at least 4 members (excludes halogenated alkanes) is 15. The lowest BCUT2D eigenvalue weighted by Gasteiger charge is -2.19. The Morgan fingerprint density at radius 3 is 1.40 bits per heavy atom. The average Bonchev–Trinajstić information content (AvgIpc) is 2.70. The van der Waals surface area contributed by atoms with Gasteiger partial charge in [-0.15, -0.1) is 0 Å². The van der Waals surface area contributed by atoms with Gasteiger partial charge in [-0.3, -0.25) is 4.57 Å². The Morgan fingerprint density at radius 2 is 1.03 bits per heavy atom. The molecule has 0 aliphatic rings. The van der Waals surface area contributed by atoms with Crippen molar-refractivity contribution in [1.82, 2.24) is 0 Å². The SMILES string of the molecule is CCCCCCCCCCCCCCCCCCC(c1ccc(O)cc1)P(=O)(O)O. The molecule has 4 nitrogen and oxygen atoms in total. The van der Waals surface area contributed by atoms with Crippen LogP contribution in [-0.2, 0) is 4.57 Å². The minimum atomic E-state index is -4.18. The van der Waals surface area contributed by atoms with Crippen molar-refractivity contribution >= 4 is 7.60 Å². The number of phenolic OH excluding ortho intramolecular Hbond substituents is 1. The molecule has 1 unspecified atom stereocenters. The Labute approximate surface area is 184 Å². The van der Waals surface area contributed by atoms with Gasteiger partial charge >= 0.3 is 7.60 Å². The molecular formula is C25H45O4P. The van der Waals surface area contributed by atoms with Gasteiger partial charge in [0.05, 0.1) is 5.66 Å². The first-order valence-electron chi connectivity index (χ1n) is 12.3. The third kappa shape index (κ3) is 13.5. The van der Waals surface area contributed by atoms with E-state index in [4.69, 9.17) is 0 Å². The topological polar surface area (TPSA) is 77.8 Å². The minimum absolute atomic E-state index is 0.116. The molecule has 0 radical (unpaired) electrons. The van der Waals surface area contributed by atoms with Crippen LogP contribution in [0.1, 0.15) is 127 Å². The first-order chi connectivity index (χ1) is 14.4. The average molecular weight is 441 g/mol. The summed E-state index contributed by atoms with van der Waals surface area (Å²) < 4.78 is 11.8. The fourth-order valence-corrected chi connectivity index (χ4v) is 5.19. The fourth-order valence-electron chi connectivity index (χ4n) is 4.11. The first-order valence-corrected chi connectivity index (χ1v) is 14.0. The summed E-state index contributed by atoms with van der Waals surface area (Å²) in [5.74, 6) is 0.116. The van der Waals surface area contributed by atoms with Crippen LogP contribution in [0.4, 0.5) is 0 Å². The molecule has 0 saturated carbocycles. The van der Waals surface area contributed by atoms with E-state index in [2.05, 4.69) is 6.92 Å². The molecule has 1 atom stereocenters. The van der Waals surface area contributed by atoms with Crippen molar-refractivity contribution in [2.24, 2.45) is 0 Å². The molecule has 1 aromatic carbocycles. The molecule has 0 bridgehead atoms. The lowest BCUT2D eigenvalue weighted by Crippen LogP contribution is -2.00. The Hall–Kier alpha value is -0.830. The van der Waals surface area contributed by atoms with Crippen molar-refractivity contribution < 1.29 is 19.5 Å². The molecule has 174 valence electrons. The van der Waals surface area contributed by atoms with Crippen molar-refractivity contribution in [2.75, 3.05) is 0 Å². The molecule has 0 aliphatic carbocycles. The number of aromatic hydroxyl groups is 1. The Morgan fingerprint density at radius 1 is 0.667 bits per heavy atom. The molecule has 5 heteroatoms. The summed E-state index contributed by atoms with van der Waals surface area (Å²) in [4.78, 5) is 19.3. The molecule has 1 rings (SSSR count). The van der Waals surface area contributed by atoms with E-state index in [0.29, 0.717) is 12.0 Å². The standard InChI is InChI=1S/C25H45O4P/c1-2-3-4-5-6-7-8-9-10-11-12-13-14-15-16-17-18-25(30(27,28)29)23-19-21-24(26)22-20-23/h19-22,25-26H,2-18H2,1H3,(H2,27,28,29). The van der Waals surface area contributed by atoms with Crippen molar-refractivity contribution in [3.63, 3.8) is 0 Å². The third-order valence-electron chi connectivity index (χ3n) is 6.01. The van der Waals surface area contributed by atoms with Crippen LogP contribution in [0.25, 0.3) is 0 Å². The smallest absolute Gasteiger partial charge is 0.332 e. The number of hydrogen-bond acceptors (Lipinski definition) is 2. The van der Waals surface area contributed by atoms with Gasteiger partial charge in [-0.25, -0.2) is 0 Å². The maximum Gasteiger partial charge on any atom is 0.332 e. The maximum absolute atomic E-state index is 11.8. The predicted molar refractivity (Wildman–Crippen MR) is 127 cm³/mol. The van der Waals surface area contributed by atoms with Gasteiger partial charge in [-0.05, 0) is 24.1 Å². The van der Waals surface area contributed by atoms with Crippen LogP contribution in [0, 0.1) is 0 Å². The molecule has 1 aromatic rings. The van der Waals surface area contributed by atoms with Crippen LogP contribution in [0.15, 0.2) is 24.3 Å². The molecule has 0 heterocycles. The predicted octanol–water partition coefficient (Wildman–Crippen LogP) is 8.26. The van der Waals surface area contributed by atoms with Crippen LogP contribution in [0.5, 0.6) is 5.75 Å². The van der Waals surface area contributed by atoms with Crippen LogP contribution in [0.3, 0.4) is 0 Å². The Kier molecular flexibility index (Phi) is 15.2. The molecule has 0 fully saturated rings. The number of hydrogen-bond donors (Lipinski definition) is 3. The fraction of sp³-hybridized carbons (Fsp3) is 0.760. The maximum atomic E-state index is 11.8. The molecule has 30 heavy (non-hydrogen) atoms. The molecule has 0 amide bonds. The number of phenols is 1. The van der Waals surface area contributed by atoms with E-state index in [0.717, 1.165) is 19.3 Å². The first kappa shape index (κ1) is 27.2. The summed E-state index contributed by atoms with van der Waals surface area (Å²) in [5, 5.41) is 9.37. The Balaban J connectivity index is 1.99. The highest BCUT2D eigenvalue weighted by Gasteiger charge is 2.29. The summed E-state index contributed by atoms with van der Waals surface area (Å²) in [6.07, 6.45) is 21.1. The van der Waals surface area contributed by atoms with Crippen molar-refractivity contribution in [3.8, 4) is 5.75 Å². The number of benzene rings is 1. The molecule has 0 aliphatic heterocycles. The van der Waals surface area contributed by atoms with Gasteiger partial charge in [0, 0.05) is 0 Å². The van der Waals surface area contributed by atoms with Crippen LogP contribution in [0.2, 0.25) is 0 Å². The van der Waals surface area contributed by atoms with Gasteiger partial charge < -0.3 is 14.9 Å². The van der Waals surface area contributed by atoms with Crippen molar-refractivity contribution in [1.29, 1.82) is 0 Å². The van der Waals surface area contributed by atoms with Crippen LogP contribution >= 0.6 is 7.60 Å². The van der Waals surface area contributed by atoms with Crippen molar-refractivity contribution in [3.05, 3.63) is 29.8 Å². The van der Waals surface area contributed by atoms with Gasteiger partial charge in [-0.2, -0.15) is 0 Å². The molecule has 0 saturated heterocycles. The molecule has 3 N–H and O–H groups in total. The zero-order valence-corrected chi connectivity index (χ0v) is 20.0. The molecule has 0 spiro atoms. The van der Waals surface area contributed by atoms with E-state index in [9.17, 15) is 19.5 Å². The van der Waals surface area contributed by atoms with Gasteiger partial charge in [0.15, 0.2) is 0 Å². The second kappa shape index (κ2) is 16.8.